The third-order valence-corrected chi connectivity index (χ3v) is 7.61. The molecule has 2 aromatic rings. The van der Waals surface area contributed by atoms with E-state index in [4.69, 9.17) is 9.47 Å². The Labute approximate surface area is 173 Å². The Kier molecular flexibility index (Phi) is 4.44. The van der Waals surface area contributed by atoms with Gasteiger partial charge >= 0.3 is 0 Å². The molecule has 8 heteroatoms. The molecule has 1 fully saturated rings. The molecule has 3 heterocycles. The summed E-state index contributed by atoms with van der Waals surface area (Å²) in [5.74, 6) is 1.10. The molecular formula is C22H20FNO5S. The Morgan fingerprint density at radius 1 is 1.20 bits per heavy atom. The minimum atomic E-state index is -2.99. The average molecular weight is 429 g/mol. The van der Waals surface area contributed by atoms with Crippen molar-refractivity contribution in [2.45, 2.75) is 25.9 Å². The van der Waals surface area contributed by atoms with Crippen LogP contribution < -0.4 is 9.47 Å². The molecular weight excluding hydrogens is 409 g/mol. The van der Waals surface area contributed by atoms with Crippen molar-refractivity contribution in [2.75, 3.05) is 18.2 Å². The zero-order valence-electron chi connectivity index (χ0n) is 16.4. The molecule has 0 aromatic heterocycles. The van der Waals surface area contributed by atoms with Gasteiger partial charge in [0.1, 0.15) is 24.0 Å². The molecule has 0 unspecified atom stereocenters. The molecule has 3 aliphatic heterocycles. The van der Waals surface area contributed by atoms with Gasteiger partial charge in [-0.15, -0.1) is 0 Å². The first-order valence-electron chi connectivity index (χ1n) is 9.74. The predicted molar refractivity (Wildman–Crippen MR) is 109 cm³/mol. The van der Waals surface area contributed by atoms with Crippen LogP contribution in [0.5, 0.6) is 11.5 Å². The van der Waals surface area contributed by atoms with Crippen LogP contribution >= 0.6 is 0 Å². The molecule has 0 N–H and O–H groups in total. The summed E-state index contributed by atoms with van der Waals surface area (Å²) in [6, 6.07) is 7.52. The van der Waals surface area contributed by atoms with E-state index in [-0.39, 0.29) is 34.9 Å². The first kappa shape index (κ1) is 19.3. The number of nitrogens with zero attached hydrogens (tertiary/aromatic N) is 1. The highest BCUT2D eigenvalue weighted by Gasteiger charge is 2.37. The lowest BCUT2D eigenvalue weighted by molar-refractivity contribution is 0.0637. The highest BCUT2D eigenvalue weighted by Crippen LogP contribution is 2.43. The summed E-state index contributed by atoms with van der Waals surface area (Å²) in [7, 11) is -2.99. The lowest BCUT2D eigenvalue weighted by Gasteiger charge is -2.33. The molecule has 5 rings (SSSR count). The lowest BCUT2D eigenvalue weighted by Crippen LogP contribution is -2.41. The van der Waals surface area contributed by atoms with E-state index >= 15 is 0 Å². The van der Waals surface area contributed by atoms with Crippen molar-refractivity contribution in [2.24, 2.45) is 0 Å². The number of benzene rings is 2. The van der Waals surface area contributed by atoms with E-state index in [2.05, 4.69) is 0 Å². The lowest BCUT2D eigenvalue weighted by atomic mass is 9.99. The molecule has 0 aliphatic carbocycles. The number of ether oxygens (including phenoxy) is 2. The van der Waals surface area contributed by atoms with Crippen LogP contribution in [0.25, 0.3) is 6.08 Å². The summed E-state index contributed by atoms with van der Waals surface area (Å²) < 4.78 is 48.6. The highest BCUT2D eigenvalue weighted by molar-refractivity contribution is 7.91. The molecule has 3 aliphatic rings. The Bertz CT molecular complexity index is 1190. The molecule has 0 bridgehead atoms. The fourth-order valence-corrected chi connectivity index (χ4v) is 6.04. The average Bonchev–Trinajstić information content (AvgIpc) is 3.23. The summed E-state index contributed by atoms with van der Waals surface area (Å²) in [6.45, 7) is 2.68. The van der Waals surface area contributed by atoms with Gasteiger partial charge in [0.25, 0.3) is 0 Å². The van der Waals surface area contributed by atoms with E-state index in [1.807, 2.05) is 11.8 Å². The Morgan fingerprint density at radius 2 is 1.97 bits per heavy atom. The maximum atomic E-state index is 13.1. The van der Waals surface area contributed by atoms with Gasteiger partial charge in [0.15, 0.2) is 15.6 Å². The van der Waals surface area contributed by atoms with Crippen molar-refractivity contribution in [3.05, 3.63) is 64.2 Å². The normalized spacial score (nSPS) is 23.7. The quantitative estimate of drug-likeness (QED) is 0.684. The zero-order chi connectivity index (χ0) is 21.0. The number of carbonyl (C=O) groups is 1. The summed E-state index contributed by atoms with van der Waals surface area (Å²) in [6.07, 6.45) is 2.19. The van der Waals surface area contributed by atoms with Gasteiger partial charge in [-0.25, -0.2) is 12.8 Å². The van der Waals surface area contributed by atoms with Crippen LogP contribution in [-0.2, 0) is 16.4 Å². The number of fused-ring (bicyclic) bond motifs is 2. The van der Waals surface area contributed by atoms with E-state index in [0.29, 0.717) is 42.3 Å². The monoisotopic (exact) mass is 429 g/mol. The predicted octanol–water partition coefficient (Wildman–Crippen LogP) is 3.09. The zero-order valence-corrected chi connectivity index (χ0v) is 17.2. The van der Waals surface area contributed by atoms with Gasteiger partial charge in [0.2, 0.25) is 5.78 Å². The number of hydrogen-bond acceptors (Lipinski definition) is 6. The molecule has 0 spiro atoms. The molecule has 1 atom stereocenters. The summed E-state index contributed by atoms with van der Waals surface area (Å²) in [4.78, 5) is 14.9. The number of sulfone groups is 1. The minimum absolute atomic E-state index is 0.0717. The second-order valence-corrected chi connectivity index (χ2v) is 10.2. The fraction of sp³-hybridized carbons (Fsp3) is 0.318. The number of allylic oxidation sites excluding steroid dienone is 1. The van der Waals surface area contributed by atoms with Crippen LogP contribution in [0.3, 0.4) is 0 Å². The van der Waals surface area contributed by atoms with Gasteiger partial charge in [-0.1, -0.05) is 12.1 Å². The van der Waals surface area contributed by atoms with Crippen molar-refractivity contribution < 1.29 is 27.1 Å². The molecule has 1 saturated heterocycles. The number of carbonyl (C=O) groups excluding carboxylic acids is 1. The van der Waals surface area contributed by atoms with Crippen molar-refractivity contribution >= 4 is 21.7 Å². The van der Waals surface area contributed by atoms with Gasteiger partial charge < -0.3 is 9.47 Å². The van der Waals surface area contributed by atoms with E-state index in [0.717, 1.165) is 11.1 Å². The Morgan fingerprint density at radius 3 is 2.67 bits per heavy atom. The van der Waals surface area contributed by atoms with Gasteiger partial charge in [-0.3, -0.25) is 9.69 Å². The third-order valence-electron chi connectivity index (χ3n) is 5.86. The smallest absolute Gasteiger partial charge is 0.231 e. The second-order valence-electron chi connectivity index (χ2n) is 7.93. The molecule has 2 aromatic carbocycles. The number of halogens is 1. The summed E-state index contributed by atoms with van der Waals surface area (Å²) >= 11 is 0. The van der Waals surface area contributed by atoms with Crippen LogP contribution in [0.15, 0.2) is 36.1 Å². The SMILES string of the molecule is Cc1c2c(cc3c1OC(=Cc1ccc(F)cc1)C3=O)CN([C@@H]1CCS(=O)(=O)C1)CO2. The number of Topliss-reactive ketones (excluding diaryl/α,β-unsaturated/α-hetero) is 1. The van der Waals surface area contributed by atoms with E-state index in [1.54, 1.807) is 24.3 Å². The van der Waals surface area contributed by atoms with E-state index in [9.17, 15) is 17.6 Å². The van der Waals surface area contributed by atoms with Crippen molar-refractivity contribution in [1.82, 2.24) is 4.90 Å². The first-order chi connectivity index (χ1) is 14.3. The minimum Gasteiger partial charge on any atom is -0.477 e. The summed E-state index contributed by atoms with van der Waals surface area (Å²) in [5, 5.41) is 0. The maximum Gasteiger partial charge on any atom is 0.231 e. The number of hydrogen-bond donors (Lipinski definition) is 0. The Hall–Kier alpha value is -2.71. The molecule has 0 amide bonds. The van der Waals surface area contributed by atoms with E-state index < -0.39 is 9.84 Å². The van der Waals surface area contributed by atoms with Crippen LogP contribution in [-0.4, -0.2) is 43.4 Å². The van der Waals surface area contributed by atoms with E-state index in [1.165, 1.54) is 12.1 Å². The molecule has 156 valence electrons. The van der Waals surface area contributed by atoms with Crippen molar-refractivity contribution in [1.29, 1.82) is 0 Å². The van der Waals surface area contributed by atoms with Gasteiger partial charge in [0.05, 0.1) is 17.1 Å². The first-order valence-corrected chi connectivity index (χ1v) is 11.6. The van der Waals surface area contributed by atoms with Crippen LogP contribution in [0.4, 0.5) is 4.39 Å². The molecule has 30 heavy (non-hydrogen) atoms. The Balaban J connectivity index is 1.44. The highest BCUT2D eigenvalue weighted by atomic mass is 32.2. The van der Waals surface area contributed by atoms with Crippen LogP contribution in [0.2, 0.25) is 0 Å². The van der Waals surface area contributed by atoms with Gasteiger partial charge in [-0.05, 0) is 43.2 Å². The standard InChI is InChI=1S/C22H20FNO5S/c1-13-21-15(10-24(12-28-21)17-6-7-30(26,27)11-17)9-18-20(25)19(29-22(13)18)8-14-2-4-16(23)5-3-14/h2-5,8-9,17H,6-7,10-12H2,1H3/t17-/m1/s1. The van der Waals surface area contributed by atoms with Crippen molar-refractivity contribution in [3.8, 4) is 11.5 Å². The van der Waals surface area contributed by atoms with Crippen molar-refractivity contribution in [3.63, 3.8) is 0 Å². The topological polar surface area (TPSA) is 72.9 Å². The van der Waals surface area contributed by atoms with Gasteiger partial charge in [0, 0.05) is 23.7 Å². The summed E-state index contributed by atoms with van der Waals surface area (Å²) in [5.41, 5.74) is 2.72. The number of rotatable bonds is 2. The molecule has 0 radical (unpaired) electrons. The molecule has 0 saturated carbocycles. The maximum absolute atomic E-state index is 13.1. The van der Waals surface area contributed by atoms with Crippen LogP contribution in [0, 0.1) is 12.7 Å². The van der Waals surface area contributed by atoms with Crippen LogP contribution in [0.1, 0.15) is 33.5 Å². The third kappa shape index (κ3) is 3.30. The fourth-order valence-electron chi connectivity index (χ4n) is 4.27. The van der Waals surface area contributed by atoms with Gasteiger partial charge in [-0.2, -0.15) is 0 Å². The largest absolute Gasteiger partial charge is 0.477 e. The second kappa shape index (κ2) is 6.92. The number of ketones is 1. The molecule has 6 nitrogen and oxygen atoms in total.